The zero-order chi connectivity index (χ0) is 9.10. The van der Waals surface area contributed by atoms with Gasteiger partial charge in [-0.25, -0.2) is 15.3 Å². The van der Waals surface area contributed by atoms with Crippen molar-refractivity contribution >= 4 is 17.3 Å². The number of aromatic nitrogens is 1. The highest BCUT2D eigenvalue weighted by Crippen LogP contribution is 2.28. The van der Waals surface area contributed by atoms with Crippen LogP contribution >= 0.6 is 0 Å². The molecule has 13 heavy (non-hydrogen) atoms. The van der Waals surface area contributed by atoms with Crippen molar-refractivity contribution in [2.75, 3.05) is 0 Å². The van der Waals surface area contributed by atoms with Gasteiger partial charge in [0.15, 0.2) is 5.82 Å². The molecule has 0 saturated heterocycles. The normalized spacial score (nSPS) is 13.5. The molecule has 1 aromatic rings. The number of aliphatic imine (C=N–C) groups is 1. The summed E-state index contributed by atoms with van der Waals surface area (Å²) in [6.45, 7) is 2.17. The second-order valence-electron chi connectivity index (χ2n) is 3.09. The van der Waals surface area contributed by atoms with E-state index in [1.807, 2.05) is 12.1 Å². The molecular formula is C10H12N3. The summed E-state index contributed by atoms with van der Waals surface area (Å²) in [5.41, 5.74) is 0.911. The number of hydrogen-bond donors (Lipinski definition) is 0. The molecule has 3 nitrogen and oxygen atoms in total. The van der Waals surface area contributed by atoms with Gasteiger partial charge in [0.1, 0.15) is 11.5 Å². The van der Waals surface area contributed by atoms with Crippen molar-refractivity contribution in [1.29, 1.82) is 0 Å². The summed E-state index contributed by atoms with van der Waals surface area (Å²) in [6.07, 6.45) is 5.04. The van der Waals surface area contributed by atoms with Crippen LogP contribution in [0.4, 0.5) is 11.5 Å². The molecule has 67 valence electrons. The molecule has 0 amide bonds. The van der Waals surface area contributed by atoms with E-state index in [9.17, 15) is 0 Å². The lowest BCUT2D eigenvalue weighted by Crippen LogP contribution is -2.06. The molecule has 1 aliphatic rings. The first kappa shape index (κ1) is 8.23. The van der Waals surface area contributed by atoms with Crippen LogP contribution in [0, 0.1) is 0 Å². The van der Waals surface area contributed by atoms with Crippen LogP contribution < -0.4 is 5.32 Å². The molecule has 2 rings (SSSR count). The van der Waals surface area contributed by atoms with E-state index < -0.39 is 0 Å². The fraction of sp³-hybridized carbons (Fsp3) is 0.400. The van der Waals surface area contributed by atoms with Gasteiger partial charge < -0.3 is 0 Å². The number of nitrogens with zero attached hydrogens (tertiary/aromatic N) is 3. The lowest BCUT2D eigenvalue weighted by Gasteiger charge is -1.96. The lowest BCUT2D eigenvalue weighted by atomic mass is 10.2. The first-order valence-electron chi connectivity index (χ1n) is 4.64. The Balaban J connectivity index is 2.08. The summed E-state index contributed by atoms with van der Waals surface area (Å²) in [4.78, 5) is 8.51. The average Bonchev–Trinajstić information content (AvgIpc) is 2.57. The van der Waals surface area contributed by atoms with Gasteiger partial charge in [-0.15, -0.1) is 0 Å². The van der Waals surface area contributed by atoms with Gasteiger partial charge in [0.25, 0.3) is 0 Å². The molecule has 0 unspecified atom stereocenters. The Bertz CT molecular complexity index is 331. The van der Waals surface area contributed by atoms with Gasteiger partial charge in [-0.2, -0.15) is 0 Å². The third kappa shape index (κ3) is 1.69. The summed E-state index contributed by atoms with van der Waals surface area (Å²) in [5, 5.41) is 4.33. The fourth-order valence-electron chi connectivity index (χ4n) is 1.29. The molecule has 2 heterocycles. The number of unbranched alkanes of at least 4 members (excludes halogenated alkanes) is 1. The molecule has 0 fully saturated rings. The highest BCUT2D eigenvalue weighted by molar-refractivity contribution is 5.94. The van der Waals surface area contributed by atoms with Crippen LogP contribution in [0.15, 0.2) is 23.3 Å². The van der Waals surface area contributed by atoms with Crippen molar-refractivity contribution in [2.45, 2.75) is 26.2 Å². The molecule has 0 aromatic carbocycles. The monoisotopic (exact) mass is 174 g/mol. The molecule has 0 saturated carbocycles. The second-order valence-corrected chi connectivity index (χ2v) is 3.09. The van der Waals surface area contributed by atoms with E-state index in [4.69, 9.17) is 0 Å². The summed E-state index contributed by atoms with van der Waals surface area (Å²) >= 11 is 0. The number of amidine groups is 1. The minimum atomic E-state index is 0.772. The van der Waals surface area contributed by atoms with Crippen molar-refractivity contribution in [3.63, 3.8) is 0 Å². The summed E-state index contributed by atoms with van der Waals surface area (Å²) in [6, 6.07) is 3.84. The molecule has 0 bridgehead atoms. The molecule has 1 aliphatic heterocycles. The van der Waals surface area contributed by atoms with Gasteiger partial charge in [0.05, 0.1) is 0 Å². The number of rotatable bonds is 3. The van der Waals surface area contributed by atoms with E-state index >= 15 is 0 Å². The maximum Gasteiger partial charge on any atom is 0.179 e. The Morgan fingerprint density at radius 1 is 1.38 bits per heavy atom. The van der Waals surface area contributed by atoms with Crippen molar-refractivity contribution in [3.8, 4) is 0 Å². The molecule has 0 aliphatic carbocycles. The van der Waals surface area contributed by atoms with Gasteiger partial charge in [0, 0.05) is 12.6 Å². The minimum absolute atomic E-state index is 0.772. The molecular weight excluding hydrogens is 162 g/mol. The standard InChI is InChI=1S/C10H12N3/c1-2-3-6-9-12-8-5-4-7-11-10(8)13-9/h4-5,7H,2-3,6H2,1H3. The Labute approximate surface area is 77.9 Å². The first-order valence-corrected chi connectivity index (χ1v) is 4.64. The lowest BCUT2D eigenvalue weighted by molar-refractivity contribution is 0.824. The van der Waals surface area contributed by atoms with Crippen LogP contribution in [-0.4, -0.2) is 10.8 Å². The summed E-state index contributed by atoms with van der Waals surface area (Å²) in [7, 11) is 0. The van der Waals surface area contributed by atoms with Crippen LogP contribution in [-0.2, 0) is 0 Å². The van der Waals surface area contributed by atoms with Crippen LogP contribution in [0.2, 0.25) is 0 Å². The van der Waals surface area contributed by atoms with Gasteiger partial charge >= 0.3 is 0 Å². The smallest absolute Gasteiger partial charge is 0.179 e. The van der Waals surface area contributed by atoms with Crippen LogP contribution in [0.25, 0.3) is 0 Å². The third-order valence-corrected chi connectivity index (χ3v) is 2.00. The molecule has 1 radical (unpaired) electrons. The topological polar surface area (TPSA) is 39.4 Å². The van der Waals surface area contributed by atoms with Gasteiger partial charge in [-0.1, -0.05) is 13.3 Å². The largest absolute Gasteiger partial charge is 0.235 e. The first-order chi connectivity index (χ1) is 6.40. The van der Waals surface area contributed by atoms with Gasteiger partial charge in [-0.05, 0) is 18.6 Å². The third-order valence-electron chi connectivity index (χ3n) is 2.00. The Morgan fingerprint density at radius 3 is 3.08 bits per heavy atom. The highest BCUT2D eigenvalue weighted by atomic mass is 15.1. The van der Waals surface area contributed by atoms with Gasteiger partial charge in [-0.3, -0.25) is 0 Å². The van der Waals surface area contributed by atoms with Gasteiger partial charge in [0.2, 0.25) is 0 Å². The minimum Gasteiger partial charge on any atom is -0.235 e. The quantitative estimate of drug-likeness (QED) is 0.694. The Morgan fingerprint density at radius 2 is 2.31 bits per heavy atom. The van der Waals surface area contributed by atoms with E-state index in [1.165, 1.54) is 6.42 Å². The average molecular weight is 174 g/mol. The second kappa shape index (κ2) is 3.56. The van der Waals surface area contributed by atoms with Crippen molar-refractivity contribution in [2.24, 2.45) is 4.99 Å². The van der Waals surface area contributed by atoms with E-state index in [0.717, 1.165) is 30.2 Å². The van der Waals surface area contributed by atoms with E-state index in [-0.39, 0.29) is 0 Å². The molecule has 0 atom stereocenters. The maximum atomic E-state index is 4.38. The molecule has 3 heteroatoms. The van der Waals surface area contributed by atoms with Crippen LogP contribution in [0.5, 0.6) is 0 Å². The number of pyridine rings is 1. The number of fused-ring (bicyclic) bond motifs is 1. The molecule has 1 aromatic heterocycles. The summed E-state index contributed by atoms with van der Waals surface area (Å²) in [5.74, 6) is 1.70. The van der Waals surface area contributed by atoms with Crippen LogP contribution in [0.3, 0.4) is 0 Å². The van der Waals surface area contributed by atoms with E-state index in [2.05, 4.69) is 22.2 Å². The number of hydrogen-bond acceptors (Lipinski definition) is 2. The maximum absolute atomic E-state index is 4.38. The zero-order valence-electron chi connectivity index (χ0n) is 7.70. The molecule has 0 N–H and O–H groups in total. The zero-order valence-corrected chi connectivity index (χ0v) is 7.70. The highest BCUT2D eigenvalue weighted by Gasteiger charge is 2.14. The van der Waals surface area contributed by atoms with Crippen molar-refractivity contribution in [1.82, 2.24) is 10.3 Å². The van der Waals surface area contributed by atoms with Crippen molar-refractivity contribution in [3.05, 3.63) is 18.3 Å². The van der Waals surface area contributed by atoms with Crippen LogP contribution in [0.1, 0.15) is 26.2 Å². The predicted octanol–water partition coefficient (Wildman–Crippen LogP) is 2.55. The fourth-order valence-corrected chi connectivity index (χ4v) is 1.29. The summed E-state index contributed by atoms with van der Waals surface area (Å²) < 4.78 is 0. The predicted molar refractivity (Wildman–Crippen MR) is 52.7 cm³/mol. The Kier molecular flexibility index (Phi) is 2.25. The van der Waals surface area contributed by atoms with E-state index in [1.54, 1.807) is 6.20 Å². The SMILES string of the molecule is CCCCC1=Nc2cccnc2[N]1. The van der Waals surface area contributed by atoms with E-state index in [0.29, 0.717) is 0 Å². The molecule has 0 spiro atoms. The van der Waals surface area contributed by atoms with Crippen molar-refractivity contribution < 1.29 is 0 Å². The Hall–Kier alpha value is -1.38.